The molecule has 0 aromatic heterocycles. The number of likely N-dealkylation sites (N-methyl/N-ethyl adjacent to an activating group) is 1. The van der Waals surface area contributed by atoms with Gasteiger partial charge in [-0.3, -0.25) is 9.69 Å². The number of nitrogens with one attached hydrogen (secondary N) is 1. The molecule has 0 saturated carbocycles. The fourth-order valence-electron chi connectivity index (χ4n) is 2.25. The fraction of sp³-hybridized carbons (Fsp3) is 0.235. The van der Waals surface area contributed by atoms with Crippen LogP contribution in [-0.4, -0.2) is 32.3 Å². The van der Waals surface area contributed by atoms with Crippen molar-refractivity contribution in [3.05, 3.63) is 58.1 Å². The van der Waals surface area contributed by atoms with Gasteiger partial charge in [-0.15, -0.1) is 0 Å². The molecular formula is C17H19Cl2N3O3S. The van der Waals surface area contributed by atoms with Crippen LogP contribution in [0.5, 0.6) is 0 Å². The van der Waals surface area contributed by atoms with E-state index in [1.54, 1.807) is 26.1 Å². The van der Waals surface area contributed by atoms with Crippen LogP contribution >= 0.6 is 23.2 Å². The molecule has 26 heavy (non-hydrogen) atoms. The van der Waals surface area contributed by atoms with Gasteiger partial charge in [-0.05, 0) is 49.9 Å². The van der Waals surface area contributed by atoms with Gasteiger partial charge in [0.2, 0.25) is 15.9 Å². The van der Waals surface area contributed by atoms with Crippen molar-refractivity contribution in [3.8, 4) is 0 Å². The quantitative estimate of drug-likeness (QED) is 0.757. The number of hydrogen-bond donors (Lipinski definition) is 2. The van der Waals surface area contributed by atoms with Gasteiger partial charge in [0.05, 0.1) is 21.0 Å². The first-order valence-electron chi connectivity index (χ1n) is 7.66. The van der Waals surface area contributed by atoms with Crippen LogP contribution in [0.1, 0.15) is 12.5 Å². The highest BCUT2D eigenvalue weighted by Gasteiger charge is 2.19. The molecule has 2 aromatic rings. The maximum absolute atomic E-state index is 12.4. The van der Waals surface area contributed by atoms with Crippen LogP contribution in [0.2, 0.25) is 10.0 Å². The Balaban J connectivity index is 2.03. The van der Waals surface area contributed by atoms with E-state index in [0.29, 0.717) is 22.3 Å². The van der Waals surface area contributed by atoms with Crippen LogP contribution in [0.3, 0.4) is 0 Å². The van der Waals surface area contributed by atoms with E-state index < -0.39 is 16.1 Å². The van der Waals surface area contributed by atoms with E-state index in [1.807, 2.05) is 11.0 Å². The molecule has 0 aliphatic rings. The number of carbonyl (C=O) groups excluding carboxylic acids is 1. The van der Waals surface area contributed by atoms with Gasteiger partial charge in [-0.1, -0.05) is 35.3 Å². The van der Waals surface area contributed by atoms with Crippen LogP contribution in [0.25, 0.3) is 0 Å². The Hall–Kier alpha value is -1.64. The van der Waals surface area contributed by atoms with E-state index in [4.69, 9.17) is 28.3 Å². The number of rotatable bonds is 6. The van der Waals surface area contributed by atoms with Crippen molar-refractivity contribution in [1.29, 1.82) is 0 Å². The minimum atomic E-state index is -3.76. The number of sulfonamides is 1. The van der Waals surface area contributed by atoms with Gasteiger partial charge in [-0.2, -0.15) is 0 Å². The Morgan fingerprint density at radius 1 is 1.19 bits per heavy atom. The van der Waals surface area contributed by atoms with Gasteiger partial charge in [0.1, 0.15) is 0 Å². The highest BCUT2D eigenvalue weighted by Crippen LogP contribution is 2.26. The molecule has 0 spiro atoms. The van der Waals surface area contributed by atoms with Crippen molar-refractivity contribution >= 4 is 44.8 Å². The predicted octanol–water partition coefficient (Wildman–Crippen LogP) is 3.10. The molecule has 0 heterocycles. The normalized spacial score (nSPS) is 12.8. The molecule has 140 valence electrons. The zero-order valence-electron chi connectivity index (χ0n) is 14.2. The average Bonchev–Trinajstić information content (AvgIpc) is 2.57. The first-order chi connectivity index (χ1) is 12.1. The Bertz CT molecular complexity index is 902. The number of anilines is 1. The average molecular weight is 416 g/mol. The van der Waals surface area contributed by atoms with Crippen molar-refractivity contribution in [3.63, 3.8) is 0 Å². The SMILES string of the molecule is C[C@H](C(=O)Nc1ccc(S(N)(=O)=O)cc1)N(C)Cc1cccc(Cl)c1Cl. The lowest BCUT2D eigenvalue weighted by molar-refractivity contribution is -0.120. The highest BCUT2D eigenvalue weighted by atomic mass is 35.5. The molecule has 0 saturated heterocycles. The summed E-state index contributed by atoms with van der Waals surface area (Å²) < 4.78 is 22.5. The summed E-state index contributed by atoms with van der Waals surface area (Å²) in [5.74, 6) is -0.242. The van der Waals surface area contributed by atoms with Gasteiger partial charge in [-0.25, -0.2) is 13.6 Å². The van der Waals surface area contributed by atoms with Crippen molar-refractivity contribution in [1.82, 2.24) is 4.90 Å². The summed E-state index contributed by atoms with van der Waals surface area (Å²) in [5.41, 5.74) is 1.29. The van der Waals surface area contributed by atoms with Crippen LogP contribution in [0, 0.1) is 0 Å². The first-order valence-corrected chi connectivity index (χ1v) is 9.96. The van der Waals surface area contributed by atoms with Gasteiger partial charge in [0, 0.05) is 12.2 Å². The Labute approximate surface area is 162 Å². The summed E-state index contributed by atoms with van der Waals surface area (Å²) in [5, 5.41) is 8.72. The minimum Gasteiger partial charge on any atom is -0.325 e. The van der Waals surface area contributed by atoms with Crippen molar-refractivity contribution in [2.45, 2.75) is 24.4 Å². The molecule has 0 bridgehead atoms. The Kier molecular flexibility index (Phi) is 6.65. The third-order valence-electron chi connectivity index (χ3n) is 3.94. The van der Waals surface area contributed by atoms with E-state index in [9.17, 15) is 13.2 Å². The summed E-state index contributed by atoms with van der Waals surface area (Å²) in [6.45, 7) is 2.20. The summed E-state index contributed by atoms with van der Waals surface area (Å²) in [4.78, 5) is 14.2. The maximum atomic E-state index is 12.4. The minimum absolute atomic E-state index is 0.0173. The largest absolute Gasteiger partial charge is 0.325 e. The number of carbonyl (C=O) groups is 1. The van der Waals surface area contributed by atoms with E-state index >= 15 is 0 Å². The number of nitrogens with zero attached hydrogens (tertiary/aromatic N) is 1. The fourth-order valence-corrected chi connectivity index (χ4v) is 3.15. The number of halogens is 2. The van der Waals surface area contributed by atoms with E-state index in [2.05, 4.69) is 5.32 Å². The number of benzene rings is 2. The van der Waals surface area contributed by atoms with Gasteiger partial charge >= 0.3 is 0 Å². The number of nitrogens with two attached hydrogens (primary N) is 1. The van der Waals surface area contributed by atoms with Crippen molar-refractivity contribution < 1.29 is 13.2 Å². The standard InChI is InChI=1S/C17H19Cl2N3O3S/c1-11(22(2)10-12-4-3-5-15(18)16(12)19)17(23)21-13-6-8-14(9-7-13)26(20,24)25/h3-9,11H,10H2,1-2H3,(H,21,23)(H2,20,24,25)/t11-/m1/s1. The number of hydrogen-bond acceptors (Lipinski definition) is 4. The molecule has 1 amide bonds. The second kappa shape index (κ2) is 8.37. The molecule has 0 unspecified atom stereocenters. The van der Waals surface area contributed by atoms with Crippen LogP contribution < -0.4 is 10.5 Å². The Morgan fingerprint density at radius 3 is 2.38 bits per heavy atom. The summed E-state index contributed by atoms with van der Waals surface area (Å²) in [7, 11) is -1.97. The number of amides is 1. The van der Waals surface area contributed by atoms with Crippen LogP contribution in [0.15, 0.2) is 47.4 Å². The second-order valence-corrected chi connectivity index (χ2v) is 8.21. The summed E-state index contributed by atoms with van der Waals surface area (Å²) in [6.07, 6.45) is 0. The lowest BCUT2D eigenvalue weighted by atomic mass is 10.2. The molecule has 2 rings (SSSR count). The molecule has 9 heteroatoms. The summed E-state index contributed by atoms with van der Waals surface area (Å²) >= 11 is 12.2. The predicted molar refractivity (Wildman–Crippen MR) is 104 cm³/mol. The maximum Gasteiger partial charge on any atom is 0.241 e. The monoisotopic (exact) mass is 415 g/mol. The summed E-state index contributed by atoms with van der Waals surface area (Å²) in [6, 6.07) is 10.5. The molecule has 2 aromatic carbocycles. The lowest BCUT2D eigenvalue weighted by Gasteiger charge is -2.24. The van der Waals surface area contributed by atoms with Gasteiger partial charge < -0.3 is 5.32 Å². The van der Waals surface area contributed by atoms with E-state index in [0.717, 1.165) is 5.56 Å². The van der Waals surface area contributed by atoms with Gasteiger partial charge in [0.15, 0.2) is 0 Å². The van der Waals surface area contributed by atoms with Crippen molar-refractivity contribution in [2.75, 3.05) is 12.4 Å². The molecule has 0 fully saturated rings. The number of primary sulfonamides is 1. The van der Waals surface area contributed by atoms with Crippen LogP contribution in [-0.2, 0) is 21.4 Å². The van der Waals surface area contributed by atoms with Crippen LogP contribution in [0.4, 0.5) is 5.69 Å². The van der Waals surface area contributed by atoms with Gasteiger partial charge in [0.25, 0.3) is 0 Å². The zero-order chi connectivity index (χ0) is 19.5. The topological polar surface area (TPSA) is 92.5 Å². The lowest BCUT2D eigenvalue weighted by Crippen LogP contribution is -2.39. The molecule has 1 atom stereocenters. The first kappa shape index (κ1) is 20.7. The molecular weight excluding hydrogens is 397 g/mol. The third-order valence-corrected chi connectivity index (χ3v) is 5.73. The molecule has 0 aliphatic carbocycles. The molecule has 3 N–H and O–H groups in total. The smallest absolute Gasteiger partial charge is 0.241 e. The molecule has 0 radical (unpaired) electrons. The third kappa shape index (κ3) is 5.18. The van der Waals surface area contributed by atoms with E-state index in [1.165, 1.54) is 24.3 Å². The highest BCUT2D eigenvalue weighted by molar-refractivity contribution is 7.89. The Morgan fingerprint density at radius 2 is 1.81 bits per heavy atom. The van der Waals surface area contributed by atoms with E-state index in [-0.39, 0.29) is 10.8 Å². The molecule has 6 nitrogen and oxygen atoms in total. The zero-order valence-corrected chi connectivity index (χ0v) is 16.6. The van der Waals surface area contributed by atoms with Crippen molar-refractivity contribution in [2.24, 2.45) is 5.14 Å². The second-order valence-electron chi connectivity index (χ2n) is 5.86. The molecule has 0 aliphatic heterocycles.